The number of nitrogens with one attached hydrogen (secondary N) is 1. The molecule has 0 saturated carbocycles. The Hall–Kier alpha value is -1.05. The average molecular weight is 429 g/mol. The van der Waals surface area contributed by atoms with Crippen molar-refractivity contribution < 1.29 is 4.79 Å². The first kappa shape index (κ1) is 18.7. The number of rotatable bonds is 7. The summed E-state index contributed by atoms with van der Waals surface area (Å²) in [4.78, 5) is 18.6. The normalized spacial score (nSPS) is 10.8. The lowest BCUT2D eigenvalue weighted by Gasteiger charge is -2.03. The maximum Gasteiger partial charge on any atom is 0.226 e. The van der Waals surface area contributed by atoms with Crippen LogP contribution in [0.25, 0.3) is 10.6 Å². The number of hydrogen-bond acceptors (Lipinski definition) is 5. The fraction of sp³-hybridized carbons (Fsp3) is 0.176. The van der Waals surface area contributed by atoms with E-state index in [1.807, 2.05) is 41.8 Å². The van der Waals surface area contributed by atoms with Crippen molar-refractivity contribution in [2.45, 2.75) is 17.7 Å². The molecule has 0 bridgehead atoms. The van der Waals surface area contributed by atoms with Gasteiger partial charge in [0.05, 0.1) is 14.9 Å². The van der Waals surface area contributed by atoms with Crippen molar-refractivity contribution in [3.05, 3.63) is 51.1 Å². The lowest BCUT2D eigenvalue weighted by Crippen LogP contribution is -2.11. The molecule has 8 heteroatoms. The van der Waals surface area contributed by atoms with Crippen LogP contribution in [0.15, 0.2) is 46.7 Å². The largest absolute Gasteiger partial charge is 0.302 e. The third kappa shape index (κ3) is 5.72. The molecule has 0 saturated heterocycles. The molecule has 1 aromatic carbocycles. The number of halogens is 2. The Labute approximate surface area is 168 Å². The minimum atomic E-state index is -0.0122. The quantitative estimate of drug-likeness (QED) is 0.336. The van der Waals surface area contributed by atoms with Crippen LogP contribution < -0.4 is 5.32 Å². The van der Waals surface area contributed by atoms with Crippen LogP contribution in [0.1, 0.15) is 12.8 Å². The van der Waals surface area contributed by atoms with E-state index in [4.69, 9.17) is 23.2 Å². The van der Waals surface area contributed by atoms with E-state index >= 15 is 0 Å². The van der Waals surface area contributed by atoms with E-state index in [-0.39, 0.29) is 5.91 Å². The average Bonchev–Trinajstić information content (AvgIpc) is 3.22. The molecule has 2 aromatic heterocycles. The van der Waals surface area contributed by atoms with E-state index in [0.29, 0.717) is 11.6 Å². The lowest BCUT2D eigenvalue weighted by molar-refractivity contribution is -0.116. The molecular formula is C17H14Cl2N2OS3. The molecule has 0 unspecified atom stereocenters. The molecule has 130 valence electrons. The first-order valence-corrected chi connectivity index (χ1v) is 10.9. The van der Waals surface area contributed by atoms with Crippen molar-refractivity contribution in [1.82, 2.24) is 4.98 Å². The molecule has 0 fully saturated rings. The highest BCUT2D eigenvalue weighted by Gasteiger charge is 2.09. The number of benzene rings is 1. The number of aromatic nitrogens is 1. The molecule has 3 aromatic rings. The molecule has 0 aliphatic heterocycles. The zero-order valence-corrected chi connectivity index (χ0v) is 17.0. The van der Waals surface area contributed by atoms with Gasteiger partial charge in [0.15, 0.2) is 5.13 Å². The Bertz CT molecular complexity index is 846. The number of amides is 1. The first-order valence-electron chi connectivity index (χ1n) is 7.49. The second-order valence-corrected chi connectivity index (χ2v) is 9.27. The van der Waals surface area contributed by atoms with Gasteiger partial charge in [-0.15, -0.1) is 34.4 Å². The molecule has 1 N–H and O–H groups in total. The molecule has 1 amide bonds. The van der Waals surface area contributed by atoms with Crippen LogP contribution in [-0.4, -0.2) is 16.6 Å². The summed E-state index contributed by atoms with van der Waals surface area (Å²) in [7, 11) is 0. The fourth-order valence-electron chi connectivity index (χ4n) is 2.03. The zero-order chi connectivity index (χ0) is 17.6. The van der Waals surface area contributed by atoms with Crippen molar-refractivity contribution >= 4 is 68.7 Å². The van der Waals surface area contributed by atoms with E-state index in [1.165, 1.54) is 22.7 Å². The van der Waals surface area contributed by atoms with E-state index in [0.717, 1.165) is 37.0 Å². The summed E-state index contributed by atoms with van der Waals surface area (Å²) in [6.45, 7) is 0. The molecular weight excluding hydrogens is 415 g/mol. The van der Waals surface area contributed by atoms with Crippen LogP contribution in [0.4, 0.5) is 5.13 Å². The molecule has 0 spiro atoms. The van der Waals surface area contributed by atoms with Crippen molar-refractivity contribution in [2.24, 2.45) is 0 Å². The van der Waals surface area contributed by atoms with Crippen molar-refractivity contribution in [3.63, 3.8) is 0 Å². The van der Waals surface area contributed by atoms with Crippen LogP contribution in [0.2, 0.25) is 9.36 Å². The van der Waals surface area contributed by atoms with Gasteiger partial charge in [-0.1, -0.05) is 23.2 Å². The number of anilines is 1. The van der Waals surface area contributed by atoms with Gasteiger partial charge in [0.2, 0.25) is 5.91 Å². The Morgan fingerprint density at radius 2 is 1.96 bits per heavy atom. The van der Waals surface area contributed by atoms with Gasteiger partial charge in [0.25, 0.3) is 0 Å². The Balaban J connectivity index is 1.42. The van der Waals surface area contributed by atoms with Gasteiger partial charge in [-0.2, -0.15) is 0 Å². The smallest absolute Gasteiger partial charge is 0.226 e. The number of thiophene rings is 1. The number of thioether (sulfide) groups is 1. The number of hydrogen-bond donors (Lipinski definition) is 1. The van der Waals surface area contributed by atoms with Crippen molar-refractivity contribution in [2.75, 3.05) is 11.1 Å². The third-order valence-corrected chi connectivity index (χ3v) is 6.57. The second kappa shape index (κ2) is 9.05. The number of carbonyl (C=O) groups excluding carboxylic acids is 1. The van der Waals surface area contributed by atoms with Crippen LogP contribution in [0, 0.1) is 0 Å². The molecule has 0 aliphatic carbocycles. The predicted molar refractivity (Wildman–Crippen MR) is 110 cm³/mol. The Kier molecular flexibility index (Phi) is 6.78. The van der Waals surface area contributed by atoms with Gasteiger partial charge in [0, 0.05) is 21.7 Å². The summed E-state index contributed by atoms with van der Waals surface area (Å²) < 4.78 is 0.728. The predicted octanol–water partition coefficient (Wildman–Crippen LogP) is 6.69. The standard InChI is InChI=1S/C17H14Cl2N2OS3/c18-11-3-5-12(6-4-11)23-9-1-2-16(22)21-17-20-13(10-24-17)14-7-8-15(19)25-14/h3-8,10H,1-2,9H2,(H,20,21,22). The minimum absolute atomic E-state index is 0.0122. The zero-order valence-electron chi connectivity index (χ0n) is 13.0. The summed E-state index contributed by atoms with van der Waals surface area (Å²) in [6, 6.07) is 11.5. The Morgan fingerprint density at radius 1 is 1.16 bits per heavy atom. The summed E-state index contributed by atoms with van der Waals surface area (Å²) in [5, 5.41) is 6.14. The highest BCUT2D eigenvalue weighted by molar-refractivity contribution is 7.99. The summed E-state index contributed by atoms with van der Waals surface area (Å²) in [5.41, 5.74) is 0.843. The number of thiazole rings is 1. The highest BCUT2D eigenvalue weighted by Crippen LogP contribution is 2.32. The molecule has 3 rings (SSSR count). The van der Waals surface area contributed by atoms with Gasteiger partial charge in [-0.3, -0.25) is 4.79 Å². The second-order valence-electron chi connectivity index (χ2n) is 5.10. The molecule has 0 atom stereocenters. The fourth-order valence-corrected chi connectivity index (χ4v) is 4.82. The number of nitrogens with zero attached hydrogens (tertiary/aromatic N) is 1. The van der Waals surface area contributed by atoms with E-state index in [1.54, 1.807) is 11.8 Å². The first-order chi connectivity index (χ1) is 12.1. The third-order valence-electron chi connectivity index (χ3n) is 3.21. The van der Waals surface area contributed by atoms with E-state index < -0.39 is 0 Å². The van der Waals surface area contributed by atoms with Gasteiger partial charge in [-0.05, 0) is 48.6 Å². The lowest BCUT2D eigenvalue weighted by atomic mass is 10.3. The maximum atomic E-state index is 12.0. The maximum absolute atomic E-state index is 12.0. The van der Waals surface area contributed by atoms with Crippen LogP contribution in [0.5, 0.6) is 0 Å². The van der Waals surface area contributed by atoms with Gasteiger partial charge >= 0.3 is 0 Å². The number of carbonyl (C=O) groups is 1. The minimum Gasteiger partial charge on any atom is -0.302 e. The monoisotopic (exact) mass is 428 g/mol. The molecule has 0 radical (unpaired) electrons. The van der Waals surface area contributed by atoms with Crippen LogP contribution >= 0.6 is 57.6 Å². The van der Waals surface area contributed by atoms with E-state index in [9.17, 15) is 4.79 Å². The van der Waals surface area contributed by atoms with Crippen LogP contribution in [-0.2, 0) is 4.79 Å². The Morgan fingerprint density at radius 3 is 2.68 bits per heavy atom. The SMILES string of the molecule is O=C(CCCSc1ccc(Cl)cc1)Nc1nc(-c2ccc(Cl)s2)cs1. The summed E-state index contributed by atoms with van der Waals surface area (Å²) in [5.74, 6) is 0.869. The molecule has 2 heterocycles. The van der Waals surface area contributed by atoms with Gasteiger partial charge < -0.3 is 5.32 Å². The van der Waals surface area contributed by atoms with Gasteiger partial charge in [0.1, 0.15) is 0 Å². The van der Waals surface area contributed by atoms with E-state index in [2.05, 4.69) is 10.3 Å². The van der Waals surface area contributed by atoms with Crippen LogP contribution in [0.3, 0.4) is 0 Å². The van der Waals surface area contributed by atoms with Crippen molar-refractivity contribution in [3.8, 4) is 10.6 Å². The molecule has 3 nitrogen and oxygen atoms in total. The van der Waals surface area contributed by atoms with Crippen molar-refractivity contribution in [1.29, 1.82) is 0 Å². The highest BCUT2D eigenvalue weighted by atomic mass is 35.5. The van der Waals surface area contributed by atoms with Gasteiger partial charge in [-0.25, -0.2) is 4.98 Å². The molecule has 25 heavy (non-hydrogen) atoms. The summed E-state index contributed by atoms with van der Waals surface area (Å²) in [6.07, 6.45) is 1.28. The molecule has 0 aliphatic rings. The topological polar surface area (TPSA) is 42.0 Å². The summed E-state index contributed by atoms with van der Waals surface area (Å²) >= 11 is 16.4.